The van der Waals surface area contributed by atoms with Crippen LogP contribution in [-0.4, -0.2) is 54.8 Å². The van der Waals surface area contributed by atoms with Crippen LogP contribution in [0.2, 0.25) is 0 Å². The van der Waals surface area contributed by atoms with E-state index in [2.05, 4.69) is 50.4 Å². The van der Waals surface area contributed by atoms with E-state index in [-0.39, 0.29) is 11.8 Å². The number of aryl methyl sites for hydroxylation is 1. The normalized spacial score (nSPS) is 10.8. The molecule has 0 saturated carbocycles. The maximum atomic E-state index is 12.3. The number of nitrogens with one attached hydrogen (secondary N) is 1. The molecule has 0 radical (unpaired) electrons. The Balaban J connectivity index is 2.18. The van der Waals surface area contributed by atoms with E-state index >= 15 is 0 Å². The molecule has 0 saturated heterocycles. The van der Waals surface area contributed by atoms with Crippen LogP contribution < -0.4 is 5.32 Å². The monoisotopic (exact) mass is 403 g/mol. The van der Waals surface area contributed by atoms with E-state index in [0.29, 0.717) is 19.3 Å². The van der Waals surface area contributed by atoms with Crippen LogP contribution in [0.4, 0.5) is 0 Å². The summed E-state index contributed by atoms with van der Waals surface area (Å²) in [4.78, 5) is 28.3. The van der Waals surface area contributed by atoms with Gasteiger partial charge in [-0.2, -0.15) is 0 Å². The van der Waals surface area contributed by atoms with Gasteiger partial charge in [0.25, 0.3) is 0 Å². The minimum Gasteiger partial charge on any atom is -0.346 e. The smallest absolute Gasteiger partial charge is 0.222 e. The average Bonchev–Trinajstić information content (AvgIpc) is 2.73. The van der Waals surface area contributed by atoms with Crippen LogP contribution in [0.25, 0.3) is 0 Å². The van der Waals surface area contributed by atoms with Gasteiger partial charge in [0.1, 0.15) is 0 Å². The highest BCUT2D eigenvalue weighted by atomic mass is 16.2. The molecule has 1 aromatic rings. The molecule has 0 unspecified atom stereocenters. The van der Waals surface area contributed by atoms with Crippen molar-refractivity contribution in [1.29, 1.82) is 0 Å². The molecule has 1 N–H and O–H groups in total. The van der Waals surface area contributed by atoms with E-state index < -0.39 is 0 Å². The summed E-state index contributed by atoms with van der Waals surface area (Å²) in [5.74, 6) is 0.312. The number of benzene rings is 1. The van der Waals surface area contributed by atoms with Crippen molar-refractivity contribution < 1.29 is 9.59 Å². The Hall–Kier alpha value is -1.88. The van der Waals surface area contributed by atoms with Gasteiger partial charge in [-0.3, -0.25) is 9.59 Å². The van der Waals surface area contributed by atoms with Crippen LogP contribution in [0.3, 0.4) is 0 Å². The van der Waals surface area contributed by atoms with Crippen molar-refractivity contribution in [3.63, 3.8) is 0 Å². The topological polar surface area (TPSA) is 52.7 Å². The molecule has 0 aliphatic carbocycles. The van der Waals surface area contributed by atoms with Crippen molar-refractivity contribution in [2.45, 2.75) is 72.3 Å². The van der Waals surface area contributed by atoms with Crippen molar-refractivity contribution in [3.05, 3.63) is 35.4 Å². The van der Waals surface area contributed by atoms with E-state index in [1.165, 1.54) is 11.1 Å². The van der Waals surface area contributed by atoms with Crippen LogP contribution >= 0.6 is 0 Å². The highest BCUT2D eigenvalue weighted by Crippen LogP contribution is 2.07. The third-order valence-electron chi connectivity index (χ3n) is 5.12. The molecule has 0 bridgehead atoms. The molecule has 0 aliphatic heterocycles. The van der Waals surface area contributed by atoms with Gasteiger partial charge in [-0.1, -0.05) is 45.0 Å². The standard InChI is InChI=1S/C24H41N3O2/c1-5-16-27(17-6-2)24(29)14-9-13-23(28)26(4)18-10-15-25-20-22-12-8-11-21(7-3)19-22/h8,11-12,19,25H,5-7,9-10,13-18,20H2,1-4H3. The molecule has 0 atom stereocenters. The first kappa shape index (κ1) is 25.2. The first-order valence-corrected chi connectivity index (χ1v) is 11.3. The lowest BCUT2D eigenvalue weighted by Gasteiger charge is -2.22. The van der Waals surface area contributed by atoms with Gasteiger partial charge in [0.2, 0.25) is 11.8 Å². The Morgan fingerprint density at radius 2 is 1.55 bits per heavy atom. The molecular formula is C24H41N3O2. The number of carbonyl (C=O) groups is 2. The maximum Gasteiger partial charge on any atom is 0.222 e. The summed E-state index contributed by atoms with van der Waals surface area (Å²) in [6.07, 6.45) is 5.50. The van der Waals surface area contributed by atoms with Crippen LogP contribution in [0.5, 0.6) is 0 Å². The molecule has 5 heteroatoms. The van der Waals surface area contributed by atoms with E-state index in [0.717, 1.165) is 58.4 Å². The summed E-state index contributed by atoms with van der Waals surface area (Å²) in [5.41, 5.74) is 2.67. The fraction of sp³-hybridized carbons (Fsp3) is 0.667. The van der Waals surface area contributed by atoms with Gasteiger partial charge in [0.05, 0.1) is 0 Å². The Morgan fingerprint density at radius 3 is 2.21 bits per heavy atom. The molecule has 29 heavy (non-hydrogen) atoms. The number of hydrogen-bond donors (Lipinski definition) is 1. The van der Waals surface area contributed by atoms with Gasteiger partial charge >= 0.3 is 0 Å². The molecule has 0 aromatic heterocycles. The lowest BCUT2D eigenvalue weighted by Crippen LogP contribution is -2.33. The van der Waals surface area contributed by atoms with Gasteiger partial charge in [-0.05, 0) is 49.8 Å². The van der Waals surface area contributed by atoms with Gasteiger partial charge in [0.15, 0.2) is 0 Å². The first-order chi connectivity index (χ1) is 14.0. The molecule has 5 nitrogen and oxygen atoms in total. The van der Waals surface area contributed by atoms with Crippen molar-refractivity contribution in [1.82, 2.24) is 15.1 Å². The second-order valence-electron chi connectivity index (χ2n) is 7.75. The largest absolute Gasteiger partial charge is 0.346 e. The van der Waals surface area contributed by atoms with Crippen molar-refractivity contribution in [3.8, 4) is 0 Å². The third kappa shape index (κ3) is 10.5. The van der Waals surface area contributed by atoms with Crippen molar-refractivity contribution in [2.24, 2.45) is 0 Å². The molecule has 0 aliphatic rings. The van der Waals surface area contributed by atoms with Crippen LogP contribution in [0.15, 0.2) is 24.3 Å². The van der Waals surface area contributed by atoms with E-state index in [1.807, 2.05) is 11.9 Å². The molecule has 164 valence electrons. The Labute approximate surface area is 177 Å². The van der Waals surface area contributed by atoms with Crippen molar-refractivity contribution >= 4 is 11.8 Å². The number of nitrogens with zero attached hydrogens (tertiary/aromatic N) is 2. The highest BCUT2D eigenvalue weighted by Gasteiger charge is 2.13. The summed E-state index contributed by atoms with van der Waals surface area (Å²) >= 11 is 0. The lowest BCUT2D eigenvalue weighted by atomic mass is 10.1. The molecule has 0 heterocycles. The zero-order chi connectivity index (χ0) is 21.5. The average molecular weight is 404 g/mol. The summed E-state index contributed by atoms with van der Waals surface area (Å²) in [6.45, 7) is 10.5. The van der Waals surface area contributed by atoms with Crippen LogP contribution in [0, 0.1) is 0 Å². The molecule has 2 amide bonds. The highest BCUT2D eigenvalue weighted by molar-refractivity contribution is 5.78. The van der Waals surface area contributed by atoms with E-state index in [4.69, 9.17) is 0 Å². The van der Waals surface area contributed by atoms with Gasteiger partial charge in [-0.25, -0.2) is 0 Å². The Bertz CT molecular complexity index is 598. The zero-order valence-corrected chi connectivity index (χ0v) is 19.0. The van der Waals surface area contributed by atoms with E-state index in [9.17, 15) is 9.59 Å². The fourth-order valence-corrected chi connectivity index (χ4v) is 3.40. The first-order valence-electron chi connectivity index (χ1n) is 11.3. The third-order valence-corrected chi connectivity index (χ3v) is 5.12. The minimum absolute atomic E-state index is 0.131. The fourth-order valence-electron chi connectivity index (χ4n) is 3.40. The predicted octanol–water partition coefficient (Wildman–Crippen LogP) is 4.01. The number of carbonyl (C=O) groups excluding carboxylic acids is 2. The number of hydrogen-bond acceptors (Lipinski definition) is 3. The Morgan fingerprint density at radius 1 is 0.897 bits per heavy atom. The Kier molecular flexibility index (Phi) is 13.0. The molecule has 0 fully saturated rings. The molecular weight excluding hydrogens is 362 g/mol. The van der Waals surface area contributed by atoms with Gasteiger partial charge in [-0.15, -0.1) is 0 Å². The van der Waals surface area contributed by atoms with Crippen LogP contribution in [-0.2, 0) is 22.6 Å². The summed E-state index contributed by atoms with van der Waals surface area (Å²) < 4.78 is 0. The summed E-state index contributed by atoms with van der Waals surface area (Å²) in [6, 6.07) is 8.65. The second kappa shape index (κ2) is 15.0. The zero-order valence-electron chi connectivity index (χ0n) is 19.0. The molecule has 1 aromatic carbocycles. The van der Waals surface area contributed by atoms with Gasteiger partial charge < -0.3 is 15.1 Å². The summed E-state index contributed by atoms with van der Waals surface area (Å²) in [7, 11) is 1.86. The molecule has 1 rings (SSSR count). The SMILES string of the molecule is CCCN(CCC)C(=O)CCCC(=O)N(C)CCCNCc1cccc(CC)c1. The predicted molar refractivity (Wildman–Crippen MR) is 121 cm³/mol. The second-order valence-corrected chi connectivity index (χ2v) is 7.75. The van der Waals surface area contributed by atoms with Gasteiger partial charge in [0, 0.05) is 46.1 Å². The van der Waals surface area contributed by atoms with Crippen molar-refractivity contribution in [2.75, 3.05) is 33.2 Å². The minimum atomic E-state index is 0.131. The lowest BCUT2D eigenvalue weighted by molar-refractivity contribution is -0.132. The maximum absolute atomic E-state index is 12.3. The quantitative estimate of drug-likeness (QED) is 0.450. The van der Waals surface area contributed by atoms with E-state index in [1.54, 1.807) is 4.90 Å². The number of rotatable bonds is 15. The number of amides is 2. The van der Waals surface area contributed by atoms with Crippen LogP contribution in [0.1, 0.15) is 70.4 Å². The summed E-state index contributed by atoms with van der Waals surface area (Å²) in [5, 5.41) is 3.45. The molecule has 0 spiro atoms.